The van der Waals surface area contributed by atoms with Crippen LogP contribution in [0.25, 0.3) is 5.70 Å². The molecule has 0 atom stereocenters. The Bertz CT molecular complexity index is 706. The Hall–Kier alpha value is -2.06. The van der Waals surface area contributed by atoms with Crippen LogP contribution in [0.5, 0.6) is 0 Å². The lowest BCUT2D eigenvalue weighted by Gasteiger charge is -2.34. The second-order valence-electron chi connectivity index (χ2n) is 7.37. The summed E-state index contributed by atoms with van der Waals surface area (Å²) in [6.07, 6.45) is 2.41. The van der Waals surface area contributed by atoms with Gasteiger partial charge in [-0.25, -0.2) is 0 Å². The van der Waals surface area contributed by atoms with Crippen LogP contribution in [0.15, 0.2) is 60.2 Å². The Morgan fingerprint density at radius 3 is 2.24 bits per heavy atom. The molecule has 1 saturated heterocycles. The summed E-state index contributed by atoms with van der Waals surface area (Å²) < 4.78 is 0. The number of allylic oxidation sites excluding steroid dienone is 1. The van der Waals surface area contributed by atoms with Crippen molar-refractivity contribution in [2.45, 2.75) is 46.2 Å². The van der Waals surface area contributed by atoms with E-state index in [0.29, 0.717) is 6.04 Å². The monoisotopic (exact) mass is 334 g/mol. The van der Waals surface area contributed by atoms with E-state index in [0.717, 1.165) is 19.6 Å². The van der Waals surface area contributed by atoms with Gasteiger partial charge in [-0.2, -0.15) is 0 Å². The van der Waals surface area contributed by atoms with Crippen molar-refractivity contribution in [3.63, 3.8) is 0 Å². The summed E-state index contributed by atoms with van der Waals surface area (Å²) in [6, 6.07) is 20.0. The van der Waals surface area contributed by atoms with Crippen LogP contribution < -0.4 is 5.32 Å². The highest BCUT2D eigenvalue weighted by Gasteiger charge is 2.20. The van der Waals surface area contributed by atoms with Gasteiger partial charge < -0.3 is 5.32 Å². The summed E-state index contributed by atoms with van der Waals surface area (Å²) >= 11 is 0. The number of hydrogen-bond donors (Lipinski definition) is 1. The van der Waals surface area contributed by atoms with Crippen molar-refractivity contribution in [3.8, 4) is 0 Å². The smallest absolute Gasteiger partial charge is 0.0404 e. The van der Waals surface area contributed by atoms with Crippen LogP contribution in [0, 0.1) is 6.92 Å². The summed E-state index contributed by atoms with van der Waals surface area (Å²) in [7, 11) is 0. The summed E-state index contributed by atoms with van der Waals surface area (Å²) in [6.45, 7) is 10.0. The third-order valence-corrected chi connectivity index (χ3v) is 5.10. The maximum absolute atomic E-state index is 3.85. The highest BCUT2D eigenvalue weighted by molar-refractivity contribution is 5.69. The van der Waals surface area contributed by atoms with Gasteiger partial charge in [0.1, 0.15) is 0 Å². The zero-order valence-corrected chi connectivity index (χ0v) is 15.8. The summed E-state index contributed by atoms with van der Waals surface area (Å²) in [5.41, 5.74) is 6.78. The second kappa shape index (κ2) is 8.35. The standard InChI is InChI=1S/C23H30N2/c1-18(2)23(22-12-8-7-9-19(22)3)24-21-13-15-25(16-14-21)17-20-10-5-4-6-11-20/h4-12,21,24H,13-17H2,1-3H3. The molecule has 25 heavy (non-hydrogen) atoms. The van der Waals surface area contributed by atoms with E-state index >= 15 is 0 Å². The van der Waals surface area contributed by atoms with E-state index in [-0.39, 0.29) is 0 Å². The van der Waals surface area contributed by atoms with Crippen molar-refractivity contribution in [1.29, 1.82) is 0 Å². The highest BCUT2D eigenvalue weighted by Crippen LogP contribution is 2.23. The molecule has 0 bridgehead atoms. The number of nitrogens with one attached hydrogen (secondary N) is 1. The molecular formula is C23H30N2. The number of benzene rings is 2. The maximum Gasteiger partial charge on any atom is 0.0404 e. The highest BCUT2D eigenvalue weighted by atomic mass is 15.1. The van der Waals surface area contributed by atoms with Gasteiger partial charge in [0, 0.05) is 36.9 Å². The fourth-order valence-electron chi connectivity index (χ4n) is 3.63. The first kappa shape index (κ1) is 17.8. The Kier molecular flexibility index (Phi) is 5.93. The first-order valence-corrected chi connectivity index (χ1v) is 9.40. The van der Waals surface area contributed by atoms with Crippen molar-refractivity contribution in [1.82, 2.24) is 10.2 Å². The number of likely N-dealkylation sites (tertiary alicyclic amines) is 1. The Morgan fingerprint density at radius 2 is 1.60 bits per heavy atom. The molecule has 3 rings (SSSR count). The minimum atomic E-state index is 0.566. The molecule has 0 spiro atoms. The topological polar surface area (TPSA) is 15.3 Å². The lowest BCUT2D eigenvalue weighted by Crippen LogP contribution is -2.41. The molecule has 132 valence electrons. The summed E-state index contributed by atoms with van der Waals surface area (Å²) in [4.78, 5) is 2.57. The maximum atomic E-state index is 3.85. The van der Waals surface area contributed by atoms with Crippen LogP contribution in [0.3, 0.4) is 0 Å². The predicted octanol–water partition coefficient (Wildman–Crippen LogP) is 5.00. The number of aryl methyl sites for hydroxylation is 1. The van der Waals surface area contributed by atoms with Gasteiger partial charge in [0.25, 0.3) is 0 Å². The first-order chi connectivity index (χ1) is 12.1. The Balaban J connectivity index is 1.59. The molecule has 2 aromatic carbocycles. The number of rotatable bonds is 5. The summed E-state index contributed by atoms with van der Waals surface area (Å²) in [5, 5.41) is 3.85. The van der Waals surface area contributed by atoms with Gasteiger partial charge in [0.05, 0.1) is 0 Å². The van der Waals surface area contributed by atoms with Crippen LogP contribution in [0.4, 0.5) is 0 Å². The van der Waals surface area contributed by atoms with E-state index in [4.69, 9.17) is 0 Å². The van der Waals surface area contributed by atoms with Gasteiger partial charge in [0.15, 0.2) is 0 Å². The van der Waals surface area contributed by atoms with Crippen molar-refractivity contribution < 1.29 is 0 Å². The largest absolute Gasteiger partial charge is 0.382 e. The van der Waals surface area contributed by atoms with Crippen molar-refractivity contribution >= 4 is 5.70 Å². The van der Waals surface area contributed by atoms with E-state index in [2.05, 4.69) is 85.6 Å². The van der Waals surface area contributed by atoms with E-state index in [9.17, 15) is 0 Å². The molecule has 0 aromatic heterocycles. The molecule has 2 heteroatoms. The SMILES string of the molecule is CC(C)=C(NC1CCN(Cc2ccccc2)CC1)c1ccccc1C. The number of hydrogen-bond acceptors (Lipinski definition) is 2. The van der Waals surface area contributed by atoms with Crippen LogP contribution in [-0.2, 0) is 6.54 Å². The van der Waals surface area contributed by atoms with Crippen molar-refractivity contribution in [2.75, 3.05) is 13.1 Å². The minimum absolute atomic E-state index is 0.566. The molecular weight excluding hydrogens is 304 g/mol. The normalized spacial score (nSPS) is 15.8. The average molecular weight is 335 g/mol. The predicted molar refractivity (Wildman–Crippen MR) is 107 cm³/mol. The van der Waals surface area contributed by atoms with Crippen molar-refractivity contribution in [3.05, 3.63) is 76.9 Å². The molecule has 0 aliphatic carbocycles. The molecule has 0 radical (unpaired) electrons. The van der Waals surface area contributed by atoms with E-state index < -0.39 is 0 Å². The van der Waals surface area contributed by atoms with Crippen LogP contribution in [0.1, 0.15) is 43.4 Å². The third-order valence-electron chi connectivity index (χ3n) is 5.10. The van der Waals surface area contributed by atoms with E-state index in [1.807, 2.05) is 0 Å². The molecule has 1 fully saturated rings. The molecule has 1 aliphatic rings. The minimum Gasteiger partial charge on any atom is -0.382 e. The second-order valence-corrected chi connectivity index (χ2v) is 7.37. The fourth-order valence-corrected chi connectivity index (χ4v) is 3.63. The van der Waals surface area contributed by atoms with E-state index in [1.54, 1.807) is 0 Å². The summed E-state index contributed by atoms with van der Waals surface area (Å²) in [5.74, 6) is 0. The van der Waals surface area contributed by atoms with Crippen LogP contribution in [-0.4, -0.2) is 24.0 Å². The number of nitrogens with zero attached hydrogens (tertiary/aromatic N) is 1. The Labute approximate surface area is 152 Å². The molecule has 0 unspecified atom stereocenters. The molecule has 2 aromatic rings. The molecule has 1 heterocycles. The van der Waals surface area contributed by atoms with Crippen LogP contribution in [0.2, 0.25) is 0 Å². The zero-order valence-electron chi connectivity index (χ0n) is 15.8. The average Bonchev–Trinajstić information content (AvgIpc) is 2.62. The lowest BCUT2D eigenvalue weighted by atomic mass is 9.99. The molecule has 2 nitrogen and oxygen atoms in total. The zero-order chi connectivity index (χ0) is 17.6. The van der Waals surface area contributed by atoms with Crippen LogP contribution >= 0.6 is 0 Å². The van der Waals surface area contributed by atoms with E-state index in [1.165, 1.54) is 40.8 Å². The van der Waals surface area contributed by atoms with Gasteiger partial charge in [-0.05, 0) is 44.7 Å². The first-order valence-electron chi connectivity index (χ1n) is 9.40. The van der Waals surface area contributed by atoms with Gasteiger partial charge in [-0.15, -0.1) is 0 Å². The van der Waals surface area contributed by atoms with Gasteiger partial charge in [-0.3, -0.25) is 4.90 Å². The molecule has 1 aliphatic heterocycles. The molecule has 0 amide bonds. The fraction of sp³-hybridized carbons (Fsp3) is 0.391. The molecule has 0 saturated carbocycles. The number of piperidine rings is 1. The third kappa shape index (κ3) is 4.73. The Morgan fingerprint density at radius 1 is 0.960 bits per heavy atom. The van der Waals surface area contributed by atoms with Gasteiger partial charge in [-0.1, -0.05) is 60.2 Å². The van der Waals surface area contributed by atoms with Gasteiger partial charge >= 0.3 is 0 Å². The quantitative estimate of drug-likeness (QED) is 0.828. The van der Waals surface area contributed by atoms with Crippen molar-refractivity contribution in [2.24, 2.45) is 0 Å². The molecule has 1 N–H and O–H groups in total. The van der Waals surface area contributed by atoms with Gasteiger partial charge in [0.2, 0.25) is 0 Å². The lowest BCUT2D eigenvalue weighted by molar-refractivity contribution is 0.198.